The number of hydrogen-bond donors (Lipinski definition) is 2. The van der Waals surface area contributed by atoms with Crippen molar-refractivity contribution in [3.05, 3.63) is 27.9 Å². The molecule has 0 bridgehead atoms. The fraction of sp³-hybridized carbons (Fsp3) is 0.636. The second kappa shape index (κ2) is 4.35. The number of H-pyrrole nitrogens is 1. The largest absolute Gasteiger partial charge is 0.370 e. The zero-order valence-corrected chi connectivity index (χ0v) is 9.45. The molecule has 5 heteroatoms. The highest BCUT2D eigenvalue weighted by Crippen LogP contribution is 2.42. The third-order valence-corrected chi connectivity index (χ3v) is 3.18. The summed E-state index contributed by atoms with van der Waals surface area (Å²) >= 11 is 0. The lowest BCUT2D eigenvalue weighted by atomic mass is 9.79. The van der Waals surface area contributed by atoms with Crippen LogP contribution in [-0.2, 0) is 16.8 Å². The van der Waals surface area contributed by atoms with Crippen LogP contribution in [0.1, 0.15) is 30.8 Å². The molecule has 0 atom stereocenters. The molecule has 0 aromatic carbocycles. The summed E-state index contributed by atoms with van der Waals surface area (Å²) in [6, 6.07) is 1.50. The highest BCUT2D eigenvalue weighted by Gasteiger charge is 2.41. The van der Waals surface area contributed by atoms with Gasteiger partial charge in [0.1, 0.15) is 11.4 Å². The van der Waals surface area contributed by atoms with E-state index in [-0.39, 0.29) is 11.2 Å². The van der Waals surface area contributed by atoms with Crippen molar-refractivity contribution in [1.82, 2.24) is 9.97 Å². The summed E-state index contributed by atoms with van der Waals surface area (Å²) in [6.07, 6.45) is 3.56. The number of methoxy groups -OCH3 is 1. The molecule has 3 N–H and O–H groups in total. The molecule has 1 heterocycles. The van der Waals surface area contributed by atoms with Gasteiger partial charge in [0.15, 0.2) is 0 Å². The van der Waals surface area contributed by atoms with Crippen molar-refractivity contribution < 1.29 is 4.74 Å². The standard InChI is InChI=1S/C11H17N3O2/c1-16-11(4-2-5-11)10-13-8(3-6-12)7-9(15)14-10/h7H,2-6,12H2,1H3,(H,13,14,15). The Balaban J connectivity index is 2.36. The first-order valence-corrected chi connectivity index (χ1v) is 5.56. The molecule has 5 nitrogen and oxygen atoms in total. The summed E-state index contributed by atoms with van der Waals surface area (Å²) in [5, 5.41) is 0. The Kier molecular flexibility index (Phi) is 3.07. The van der Waals surface area contributed by atoms with Crippen LogP contribution in [0.4, 0.5) is 0 Å². The van der Waals surface area contributed by atoms with Crippen LogP contribution in [0.3, 0.4) is 0 Å². The molecule has 0 radical (unpaired) electrons. The van der Waals surface area contributed by atoms with Gasteiger partial charge in [-0.05, 0) is 25.8 Å². The number of ether oxygens (including phenoxy) is 1. The number of nitrogens with one attached hydrogen (secondary N) is 1. The molecule has 0 unspecified atom stereocenters. The number of nitrogens with zero attached hydrogens (tertiary/aromatic N) is 1. The molecule has 1 aromatic heterocycles. The van der Waals surface area contributed by atoms with E-state index >= 15 is 0 Å². The lowest BCUT2D eigenvalue weighted by molar-refractivity contribution is -0.0849. The number of aromatic amines is 1. The average molecular weight is 223 g/mol. The van der Waals surface area contributed by atoms with Gasteiger partial charge in [0.05, 0.1) is 0 Å². The fourth-order valence-electron chi connectivity index (χ4n) is 2.04. The van der Waals surface area contributed by atoms with Gasteiger partial charge in [-0.15, -0.1) is 0 Å². The van der Waals surface area contributed by atoms with Crippen LogP contribution in [-0.4, -0.2) is 23.6 Å². The van der Waals surface area contributed by atoms with Crippen LogP contribution in [0.2, 0.25) is 0 Å². The lowest BCUT2D eigenvalue weighted by Crippen LogP contribution is -2.39. The first-order chi connectivity index (χ1) is 7.70. The smallest absolute Gasteiger partial charge is 0.251 e. The Morgan fingerprint density at radius 1 is 1.62 bits per heavy atom. The first kappa shape index (κ1) is 11.3. The minimum Gasteiger partial charge on any atom is -0.370 e. The zero-order valence-electron chi connectivity index (χ0n) is 9.45. The molecule has 1 aromatic rings. The van der Waals surface area contributed by atoms with Crippen LogP contribution in [0.25, 0.3) is 0 Å². The van der Waals surface area contributed by atoms with Crippen LogP contribution in [0, 0.1) is 0 Å². The molecule has 1 fully saturated rings. The number of nitrogens with two attached hydrogens (primary N) is 1. The Morgan fingerprint density at radius 3 is 2.88 bits per heavy atom. The molecule has 16 heavy (non-hydrogen) atoms. The van der Waals surface area contributed by atoms with E-state index in [4.69, 9.17) is 10.5 Å². The van der Waals surface area contributed by atoms with E-state index in [2.05, 4.69) is 9.97 Å². The van der Waals surface area contributed by atoms with Crippen LogP contribution < -0.4 is 11.3 Å². The summed E-state index contributed by atoms with van der Waals surface area (Å²) in [5.74, 6) is 0.650. The summed E-state index contributed by atoms with van der Waals surface area (Å²) in [7, 11) is 1.66. The number of hydrogen-bond acceptors (Lipinski definition) is 4. The van der Waals surface area contributed by atoms with Gasteiger partial charge < -0.3 is 15.5 Å². The maximum Gasteiger partial charge on any atom is 0.251 e. The molecule has 0 amide bonds. The van der Waals surface area contributed by atoms with Gasteiger partial charge in [-0.3, -0.25) is 4.79 Å². The Bertz CT molecular complexity index is 418. The van der Waals surface area contributed by atoms with Crippen molar-refractivity contribution in [3.63, 3.8) is 0 Å². The highest BCUT2D eigenvalue weighted by molar-refractivity contribution is 5.12. The maximum atomic E-state index is 11.5. The minimum atomic E-state index is -0.371. The van der Waals surface area contributed by atoms with Gasteiger partial charge in [-0.1, -0.05) is 0 Å². The maximum absolute atomic E-state index is 11.5. The molecule has 0 spiro atoms. The van der Waals surface area contributed by atoms with Crippen molar-refractivity contribution in [2.24, 2.45) is 5.73 Å². The molecule has 2 rings (SSSR count). The number of rotatable bonds is 4. The third kappa shape index (κ3) is 1.88. The van der Waals surface area contributed by atoms with Gasteiger partial charge in [0.2, 0.25) is 0 Å². The first-order valence-electron chi connectivity index (χ1n) is 5.56. The molecular weight excluding hydrogens is 206 g/mol. The second-order valence-corrected chi connectivity index (χ2v) is 4.18. The lowest BCUT2D eigenvalue weighted by Gasteiger charge is -2.39. The van der Waals surface area contributed by atoms with Gasteiger partial charge >= 0.3 is 0 Å². The second-order valence-electron chi connectivity index (χ2n) is 4.18. The van der Waals surface area contributed by atoms with Crippen molar-refractivity contribution >= 4 is 0 Å². The molecule has 88 valence electrons. The van der Waals surface area contributed by atoms with Gasteiger partial charge in [-0.25, -0.2) is 4.98 Å². The molecule has 0 saturated heterocycles. The summed E-state index contributed by atoms with van der Waals surface area (Å²) in [6.45, 7) is 0.496. The quantitative estimate of drug-likeness (QED) is 0.769. The predicted octanol–water partition coefficient (Wildman–Crippen LogP) is 0.297. The van der Waals surface area contributed by atoms with E-state index in [1.165, 1.54) is 6.07 Å². The van der Waals surface area contributed by atoms with Gasteiger partial charge in [0.25, 0.3) is 5.56 Å². The monoisotopic (exact) mass is 223 g/mol. The third-order valence-electron chi connectivity index (χ3n) is 3.18. The van der Waals surface area contributed by atoms with Crippen molar-refractivity contribution in [3.8, 4) is 0 Å². The Hall–Kier alpha value is -1.20. The van der Waals surface area contributed by atoms with Crippen LogP contribution in [0.15, 0.2) is 10.9 Å². The van der Waals surface area contributed by atoms with Gasteiger partial charge in [-0.2, -0.15) is 0 Å². The molecule has 1 saturated carbocycles. The molecule has 1 aliphatic rings. The van der Waals surface area contributed by atoms with E-state index < -0.39 is 0 Å². The SMILES string of the molecule is COC1(c2nc(CCN)cc(=O)[nH]2)CCC1. The average Bonchev–Trinajstić information content (AvgIpc) is 2.16. The van der Waals surface area contributed by atoms with E-state index in [0.29, 0.717) is 18.8 Å². The van der Waals surface area contributed by atoms with Crippen LogP contribution in [0.5, 0.6) is 0 Å². The highest BCUT2D eigenvalue weighted by atomic mass is 16.5. The van der Waals surface area contributed by atoms with Crippen molar-refractivity contribution in [2.45, 2.75) is 31.3 Å². The van der Waals surface area contributed by atoms with E-state index in [1.807, 2.05) is 0 Å². The zero-order chi connectivity index (χ0) is 11.6. The van der Waals surface area contributed by atoms with Gasteiger partial charge in [0, 0.05) is 25.3 Å². The summed E-state index contributed by atoms with van der Waals surface area (Å²) in [4.78, 5) is 18.7. The predicted molar refractivity (Wildman–Crippen MR) is 60.2 cm³/mol. The summed E-state index contributed by atoms with van der Waals surface area (Å²) in [5.41, 5.74) is 5.71. The van der Waals surface area contributed by atoms with E-state index in [9.17, 15) is 4.79 Å². The molecule has 1 aliphatic carbocycles. The van der Waals surface area contributed by atoms with Crippen molar-refractivity contribution in [2.75, 3.05) is 13.7 Å². The van der Waals surface area contributed by atoms with Crippen LogP contribution >= 0.6 is 0 Å². The van der Waals surface area contributed by atoms with Crippen molar-refractivity contribution in [1.29, 1.82) is 0 Å². The normalized spacial score (nSPS) is 18.1. The summed E-state index contributed by atoms with van der Waals surface area (Å²) < 4.78 is 5.48. The van der Waals surface area contributed by atoms with E-state index in [1.54, 1.807) is 7.11 Å². The minimum absolute atomic E-state index is 0.128. The molecular formula is C11H17N3O2. The fourth-order valence-corrected chi connectivity index (χ4v) is 2.04. The number of aromatic nitrogens is 2. The Labute approximate surface area is 94.0 Å². The molecule has 0 aliphatic heterocycles. The van der Waals surface area contributed by atoms with E-state index in [0.717, 1.165) is 25.0 Å². The topological polar surface area (TPSA) is 81.0 Å². The Morgan fingerprint density at radius 2 is 2.38 bits per heavy atom.